The van der Waals surface area contributed by atoms with Gasteiger partial charge in [0.25, 0.3) is 0 Å². The van der Waals surface area contributed by atoms with Crippen molar-refractivity contribution in [2.24, 2.45) is 5.73 Å². The van der Waals surface area contributed by atoms with Gasteiger partial charge in [0.05, 0.1) is 18.2 Å². The highest BCUT2D eigenvalue weighted by atomic mass is 35.5. The number of hydrogen-bond donors (Lipinski definition) is 1. The lowest BCUT2D eigenvalue weighted by Crippen LogP contribution is -2.35. The summed E-state index contributed by atoms with van der Waals surface area (Å²) in [5.41, 5.74) is 9.87. The molecule has 0 radical (unpaired) electrons. The molecule has 1 heterocycles. The molecule has 2 N–H and O–H groups in total. The number of rotatable bonds is 4. The number of halogens is 2. The fourth-order valence-corrected chi connectivity index (χ4v) is 3.45. The second-order valence-corrected chi connectivity index (χ2v) is 6.46. The van der Waals surface area contributed by atoms with Crippen LogP contribution < -0.4 is 5.73 Å². The third kappa shape index (κ3) is 3.87. The molecule has 0 saturated carbocycles. The zero-order valence-corrected chi connectivity index (χ0v) is 14.4. The van der Waals surface area contributed by atoms with Crippen molar-refractivity contribution in [1.29, 1.82) is 0 Å². The average molecular weight is 351 g/mol. The third-order valence-corrected chi connectivity index (χ3v) is 4.95. The Hall–Kier alpha value is -1.10. The van der Waals surface area contributed by atoms with Crippen LogP contribution in [0.4, 0.5) is 0 Å². The second-order valence-electron chi connectivity index (χ2n) is 5.68. The molecule has 1 fully saturated rings. The maximum Gasteiger partial charge on any atom is 0.0594 e. The van der Waals surface area contributed by atoms with Gasteiger partial charge in [0.15, 0.2) is 0 Å². The summed E-state index contributed by atoms with van der Waals surface area (Å²) in [4.78, 5) is 2.40. The summed E-state index contributed by atoms with van der Waals surface area (Å²) >= 11 is 12.6. The smallest absolute Gasteiger partial charge is 0.0594 e. The van der Waals surface area contributed by atoms with Crippen molar-refractivity contribution in [1.82, 2.24) is 4.90 Å². The molecule has 1 saturated heterocycles. The van der Waals surface area contributed by atoms with Crippen molar-refractivity contribution in [2.75, 3.05) is 26.3 Å². The van der Waals surface area contributed by atoms with E-state index >= 15 is 0 Å². The highest BCUT2D eigenvalue weighted by molar-refractivity contribution is 6.37. The van der Waals surface area contributed by atoms with Gasteiger partial charge in [-0.15, -0.1) is 0 Å². The summed E-state index contributed by atoms with van der Waals surface area (Å²) in [5.74, 6) is 0. The van der Waals surface area contributed by atoms with Crippen molar-refractivity contribution in [2.45, 2.75) is 13.1 Å². The lowest BCUT2D eigenvalue weighted by Gasteiger charge is -2.26. The Balaban J connectivity index is 1.79. The predicted octanol–water partition coefficient (Wildman–Crippen LogP) is 3.95. The standard InChI is InChI=1S/C18H20Cl2N2O/c19-17-6-5-15(18(20)16(17)11-21)14-3-1-13(2-4-14)12-22-7-9-23-10-8-22/h1-6H,7-12,21H2. The van der Waals surface area contributed by atoms with E-state index in [9.17, 15) is 0 Å². The Bertz CT molecular complexity index is 667. The van der Waals surface area contributed by atoms with E-state index in [1.165, 1.54) is 5.56 Å². The maximum atomic E-state index is 6.46. The van der Waals surface area contributed by atoms with Gasteiger partial charge in [-0.2, -0.15) is 0 Å². The SMILES string of the molecule is NCc1c(Cl)ccc(-c2ccc(CN3CCOCC3)cc2)c1Cl. The molecule has 0 atom stereocenters. The second kappa shape index (κ2) is 7.65. The zero-order chi connectivity index (χ0) is 16.2. The summed E-state index contributed by atoms with van der Waals surface area (Å²) in [6.45, 7) is 4.91. The number of hydrogen-bond acceptors (Lipinski definition) is 3. The van der Waals surface area contributed by atoms with Crippen LogP contribution in [0.3, 0.4) is 0 Å². The van der Waals surface area contributed by atoms with Crippen molar-refractivity contribution >= 4 is 23.2 Å². The van der Waals surface area contributed by atoms with Gasteiger partial charge in [0.1, 0.15) is 0 Å². The number of morpholine rings is 1. The molecule has 3 rings (SSSR count). The molecule has 2 aromatic rings. The summed E-state index contributed by atoms with van der Waals surface area (Å²) in [5, 5.41) is 1.26. The van der Waals surface area contributed by atoms with Gasteiger partial charge >= 0.3 is 0 Å². The van der Waals surface area contributed by atoms with Crippen LogP contribution in [-0.4, -0.2) is 31.2 Å². The van der Waals surface area contributed by atoms with Gasteiger partial charge in [-0.1, -0.05) is 53.5 Å². The molecule has 3 nitrogen and oxygen atoms in total. The minimum atomic E-state index is 0.334. The first-order chi connectivity index (χ1) is 11.2. The highest BCUT2D eigenvalue weighted by Crippen LogP contribution is 2.34. The average Bonchev–Trinajstić information content (AvgIpc) is 2.57. The van der Waals surface area contributed by atoms with E-state index in [0.717, 1.165) is 49.5 Å². The molecular formula is C18H20Cl2N2O. The Labute approximate surface area is 146 Å². The largest absolute Gasteiger partial charge is 0.379 e. The Morgan fingerprint density at radius 1 is 1.00 bits per heavy atom. The van der Waals surface area contributed by atoms with E-state index in [1.807, 2.05) is 12.1 Å². The Morgan fingerprint density at radius 2 is 1.70 bits per heavy atom. The van der Waals surface area contributed by atoms with Gasteiger partial charge in [0.2, 0.25) is 0 Å². The van der Waals surface area contributed by atoms with E-state index in [4.69, 9.17) is 33.7 Å². The minimum Gasteiger partial charge on any atom is -0.379 e. The van der Waals surface area contributed by atoms with Gasteiger partial charge in [0, 0.05) is 42.3 Å². The molecular weight excluding hydrogens is 331 g/mol. The molecule has 0 unspecified atom stereocenters. The van der Waals surface area contributed by atoms with E-state index in [0.29, 0.717) is 16.6 Å². The van der Waals surface area contributed by atoms with Crippen LogP contribution in [0, 0.1) is 0 Å². The molecule has 1 aliphatic heterocycles. The first-order valence-electron chi connectivity index (χ1n) is 7.75. The number of nitrogens with zero attached hydrogens (tertiary/aromatic N) is 1. The van der Waals surface area contributed by atoms with Crippen LogP contribution >= 0.6 is 23.2 Å². The van der Waals surface area contributed by atoms with Crippen LogP contribution in [-0.2, 0) is 17.8 Å². The number of nitrogens with two attached hydrogens (primary N) is 1. The van der Waals surface area contributed by atoms with E-state index in [2.05, 4.69) is 29.2 Å². The lowest BCUT2D eigenvalue weighted by atomic mass is 10.0. The first-order valence-corrected chi connectivity index (χ1v) is 8.51. The molecule has 0 spiro atoms. The maximum absolute atomic E-state index is 6.46. The molecule has 0 aliphatic carbocycles. The van der Waals surface area contributed by atoms with E-state index < -0.39 is 0 Å². The van der Waals surface area contributed by atoms with Gasteiger partial charge in [-0.25, -0.2) is 0 Å². The quantitative estimate of drug-likeness (QED) is 0.907. The Kier molecular flexibility index (Phi) is 5.57. The monoisotopic (exact) mass is 350 g/mol. The van der Waals surface area contributed by atoms with E-state index in [-0.39, 0.29) is 0 Å². The molecule has 0 amide bonds. The van der Waals surface area contributed by atoms with Crippen molar-refractivity contribution in [3.63, 3.8) is 0 Å². The molecule has 0 bridgehead atoms. The van der Waals surface area contributed by atoms with E-state index in [1.54, 1.807) is 0 Å². The van der Waals surface area contributed by atoms with Crippen LogP contribution in [0.5, 0.6) is 0 Å². The van der Waals surface area contributed by atoms with Gasteiger partial charge < -0.3 is 10.5 Å². The fourth-order valence-electron chi connectivity index (χ4n) is 2.81. The van der Waals surface area contributed by atoms with Crippen LogP contribution in [0.1, 0.15) is 11.1 Å². The summed E-state index contributed by atoms with van der Waals surface area (Å²) < 4.78 is 5.38. The zero-order valence-electron chi connectivity index (χ0n) is 12.9. The van der Waals surface area contributed by atoms with Crippen LogP contribution in [0.2, 0.25) is 10.0 Å². The van der Waals surface area contributed by atoms with Crippen molar-refractivity contribution in [3.8, 4) is 11.1 Å². The third-order valence-electron chi connectivity index (χ3n) is 4.16. The normalized spacial score (nSPS) is 15.8. The topological polar surface area (TPSA) is 38.5 Å². The minimum absolute atomic E-state index is 0.334. The van der Waals surface area contributed by atoms with Crippen molar-refractivity contribution < 1.29 is 4.74 Å². The summed E-state index contributed by atoms with van der Waals surface area (Å²) in [6.07, 6.45) is 0. The molecule has 1 aliphatic rings. The molecule has 5 heteroatoms. The number of benzene rings is 2. The van der Waals surface area contributed by atoms with Gasteiger partial charge in [-0.3, -0.25) is 4.90 Å². The van der Waals surface area contributed by atoms with Crippen LogP contribution in [0.15, 0.2) is 36.4 Å². The fraction of sp³-hybridized carbons (Fsp3) is 0.333. The molecule has 23 heavy (non-hydrogen) atoms. The van der Waals surface area contributed by atoms with Gasteiger partial charge in [-0.05, 0) is 17.2 Å². The summed E-state index contributed by atoms with van der Waals surface area (Å²) in [6, 6.07) is 12.3. The molecule has 122 valence electrons. The lowest BCUT2D eigenvalue weighted by molar-refractivity contribution is 0.0342. The molecule has 2 aromatic carbocycles. The predicted molar refractivity (Wildman–Crippen MR) is 95.9 cm³/mol. The first kappa shape index (κ1) is 16.7. The highest BCUT2D eigenvalue weighted by Gasteiger charge is 2.13. The summed E-state index contributed by atoms with van der Waals surface area (Å²) in [7, 11) is 0. The Morgan fingerprint density at radius 3 is 2.35 bits per heavy atom. The van der Waals surface area contributed by atoms with Crippen LogP contribution in [0.25, 0.3) is 11.1 Å². The number of ether oxygens (including phenoxy) is 1. The van der Waals surface area contributed by atoms with Crippen molar-refractivity contribution in [3.05, 3.63) is 57.6 Å². The molecule has 0 aromatic heterocycles.